The van der Waals surface area contributed by atoms with Crippen LogP contribution in [0.5, 0.6) is 5.75 Å². The summed E-state index contributed by atoms with van der Waals surface area (Å²) in [4.78, 5) is 15.3. The molecule has 1 aromatic rings. The number of carbonyl (C=O) groups is 1. The van der Waals surface area contributed by atoms with Crippen molar-refractivity contribution in [1.29, 1.82) is 0 Å². The van der Waals surface area contributed by atoms with Gasteiger partial charge >= 0.3 is 6.36 Å². The summed E-state index contributed by atoms with van der Waals surface area (Å²) in [5, 5.41) is 3.15. The number of hydrogen-bond acceptors (Lipinski definition) is 3. The summed E-state index contributed by atoms with van der Waals surface area (Å²) < 4.78 is 40.1. The number of carbonyl (C=O) groups excluding carboxylic acids is 1. The lowest BCUT2D eigenvalue weighted by molar-refractivity contribution is -0.274. The molecular weight excluding hydrogens is 343 g/mol. The van der Waals surface area contributed by atoms with Crippen molar-refractivity contribution in [2.24, 2.45) is 0 Å². The van der Waals surface area contributed by atoms with Crippen LogP contribution in [0, 0.1) is 0 Å². The van der Waals surface area contributed by atoms with Gasteiger partial charge in [0.15, 0.2) is 5.11 Å². The number of anilines is 1. The third-order valence-electron chi connectivity index (χ3n) is 3.17. The van der Waals surface area contributed by atoms with Crippen molar-refractivity contribution in [3.05, 3.63) is 24.3 Å². The Morgan fingerprint density at radius 3 is 2.21 bits per heavy atom. The van der Waals surface area contributed by atoms with Gasteiger partial charge in [-0.25, -0.2) is 0 Å². The zero-order valence-corrected chi connectivity index (χ0v) is 14.5. The van der Waals surface area contributed by atoms with Crippen LogP contribution >= 0.6 is 12.2 Å². The first-order chi connectivity index (χ1) is 11.2. The number of rotatable bonds is 6. The van der Waals surface area contributed by atoms with Gasteiger partial charge < -0.3 is 19.9 Å². The van der Waals surface area contributed by atoms with E-state index in [1.54, 1.807) is 16.8 Å². The first-order valence-electron chi connectivity index (χ1n) is 7.32. The molecule has 0 aliphatic carbocycles. The van der Waals surface area contributed by atoms with E-state index in [0.29, 0.717) is 23.9 Å². The average Bonchev–Trinajstić information content (AvgIpc) is 2.48. The molecule has 0 unspecified atom stereocenters. The molecule has 1 rings (SSSR count). The lowest BCUT2D eigenvalue weighted by atomic mass is 10.3. The summed E-state index contributed by atoms with van der Waals surface area (Å²) in [6.07, 6.45) is -4.73. The minimum atomic E-state index is -4.73. The molecule has 0 spiro atoms. The van der Waals surface area contributed by atoms with E-state index in [4.69, 9.17) is 12.2 Å². The molecule has 24 heavy (non-hydrogen) atoms. The van der Waals surface area contributed by atoms with Crippen LogP contribution in [0.25, 0.3) is 0 Å². The predicted molar refractivity (Wildman–Crippen MR) is 89.9 cm³/mol. The Balaban J connectivity index is 2.59. The monoisotopic (exact) mass is 363 g/mol. The second-order valence-electron chi connectivity index (χ2n) is 4.92. The van der Waals surface area contributed by atoms with Gasteiger partial charge in [0.25, 0.3) is 0 Å². The van der Waals surface area contributed by atoms with Crippen LogP contribution in [0.4, 0.5) is 18.9 Å². The summed E-state index contributed by atoms with van der Waals surface area (Å²) in [6.45, 7) is 5.13. The van der Waals surface area contributed by atoms with Crippen molar-refractivity contribution < 1.29 is 22.7 Å². The number of benzene rings is 1. The predicted octanol–water partition coefficient (Wildman–Crippen LogP) is 3.08. The van der Waals surface area contributed by atoms with Crippen LogP contribution < -0.4 is 10.1 Å². The van der Waals surface area contributed by atoms with Gasteiger partial charge in [0.05, 0.1) is 6.54 Å². The molecule has 0 radical (unpaired) electrons. The Morgan fingerprint density at radius 2 is 1.75 bits per heavy atom. The lowest BCUT2D eigenvalue weighted by Gasteiger charge is -2.25. The SMILES string of the molecule is CCN(CC)C(=O)CN(C)C(=S)Nc1ccc(OC(F)(F)F)cc1. The van der Waals surface area contributed by atoms with Crippen molar-refractivity contribution in [2.45, 2.75) is 20.2 Å². The van der Waals surface area contributed by atoms with Gasteiger partial charge in [-0.3, -0.25) is 4.79 Å². The molecule has 5 nitrogen and oxygen atoms in total. The fraction of sp³-hybridized carbons (Fsp3) is 0.467. The second kappa shape index (κ2) is 8.72. The molecule has 0 bridgehead atoms. The van der Waals surface area contributed by atoms with Gasteiger partial charge in [0.2, 0.25) is 5.91 Å². The summed E-state index contributed by atoms with van der Waals surface area (Å²) in [7, 11) is 1.66. The highest BCUT2D eigenvalue weighted by Crippen LogP contribution is 2.24. The summed E-state index contributed by atoms with van der Waals surface area (Å²) in [5.74, 6) is -0.371. The molecular formula is C15H20F3N3O2S. The Hall–Kier alpha value is -2.03. The number of likely N-dealkylation sites (N-methyl/N-ethyl adjacent to an activating group) is 2. The average molecular weight is 363 g/mol. The van der Waals surface area contributed by atoms with Crippen LogP contribution in [0.15, 0.2) is 24.3 Å². The Labute approximate surface area is 144 Å². The molecule has 0 aliphatic rings. The first-order valence-corrected chi connectivity index (χ1v) is 7.72. The first kappa shape index (κ1) is 20.0. The largest absolute Gasteiger partial charge is 0.573 e. The number of ether oxygens (including phenoxy) is 1. The van der Waals surface area contributed by atoms with Crippen LogP contribution in [-0.4, -0.2) is 53.9 Å². The lowest BCUT2D eigenvalue weighted by Crippen LogP contribution is -2.42. The van der Waals surface area contributed by atoms with Crippen molar-refractivity contribution in [2.75, 3.05) is 32.0 Å². The minimum Gasteiger partial charge on any atom is -0.406 e. The molecule has 0 aromatic heterocycles. The van der Waals surface area contributed by atoms with E-state index in [-0.39, 0.29) is 18.2 Å². The molecule has 9 heteroatoms. The van der Waals surface area contributed by atoms with E-state index in [0.717, 1.165) is 0 Å². The zero-order chi connectivity index (χ0) is 18.3. The Bertz CT molecular complexity index is 560. The number of halogens is 3. The number of hydrogen-bond donors (Lipinski definition) is 1. The fourth-order valence-corrected chi connectivity index (χ4v) is 2.09. The van der Waals surface area contributed by atoms with E-state index in [1.807, 2.05) is 13.8 Å². The molecule has 0 atom stereocenters. The highest BCUT2D eigenvalue weighted by molar-refractivity contribution is 7.80. The van der Waals surface area contributed by atoms with Crippen LogP contribution in [0.1, 0.15) is 13.8 Å². The molecule has 1 N–H and O–H groups in total. The maximum Gasteiger partial charge on any atom is 0.573 e. The maximum atomic E-state index is 12.1. The highest BCUT2D eigenvalue weighted by Gasteiger charge is 2.30. The number of thiocarbonyl (C=S) groups is 1. The van der Waals surface area contributed by atoms with Gasteiger partial charge in [0, 0.05) is 25.8 Å². The topological polar surface area (TPSA) is 44.8 Å². The molecule has 0 fully saturated rings. The van der Waals surface area contributed by atoms with E-state index in [2.05, 4.69) is 10.1 Å². The molecule has 0 saturated carbocycles. The summed E-state index contributed by atoms with van der Waals surface area (Å²) in [6, 6.07) is 5.18. The fourth-order valence-electron chi connectivity index (χ4n) is 1.91. The number of amides is 1. The standard InChI is InChI=1S/C15H20F3N3O2S/c1-4-21(5-2)13(22)10-20(3)14(24)19-11-6-8-12(9-7-11)23-15(16,17)18/h6-9H,4-5,10H2,1-3H3,(H,19,24). The molecule has 0 aliphatic heterocycles. The van der Waals surface area contributed by atoms with Crippen molar-refractivity contribution in [3.8, 4) is 5.75 Å². The van der Waals surface area contributed by atoms with Crippen molar-refractivity contribution >= 4 is 28.9 Å². The minimum absolute atomic E-state index is 0.0550. The van der Waals surface area contributed by atoms with Crippen LogP contribution in [-0.2, 0) is 4.79 Å². The van der Waals surface area contributed by atoms with Gasteiger partial charge in [0.1, 0.15) is 5.75 Å². The zero-order valence-electron chi connectivity index (χ0n) is 13.7. The van der Waals surface area contributed by atoms with Crippen LogP contribution in [0.2, 0.25) is 0 Å². The van der Waals surface area contributed by atoms with E-state index in [1.165, 1.54) is 24.3 Å². The Morgan fingerprint density at radius 1 is 1.21 bits per heavy atom. The molecule has 0 saturated heterocycles. The van der Waals surface area contributed by atoms with E-state index in [9.17, 15) is 18.0 Å². The van der Waals surface area contributed by atoms with Crippen LogP contribution in [0.3, 0.4) is 0 Å². The maximum absolute atomic E-state index is 12.1. The van der Waals surface area contributed by atoms with Crippen molar-refractivity contribution in [3.63, 3.8) is 0 Å². The third-order valence-corrected chi connectivity index (χ3v) is 3.59. The summed E-state index contributed by atoms with van der Waals surface area (Å²) in [5.41, 5.74) is 0.497. The highest BCUT2D eigenvalue weighted by atomic mass is 32.1. The molecule has 134 valence electrons. The van der Waals surface area contributed by atoms with Gasteiger partial charge in [-0.1, -0.05) is 0 Å². The molecule has 0 heterocycles. The summed E-state index contributed by atoms with van der Waals surface area (Å²) >= 11 is 5.19. The number of alkyl halides is 3. The Kier molecular flexibility index (Phi) is 7.27. The number of nitrogens with zero attached hydrogens (tertiary/aromatic N) is 2. The normalized spacial score (nSPS) is 10.9. The number of nitrogens with one attached hydrogen (secondary N) is 1. The molecule has 1 aromatic carbocycles. The van der Waals surface area contributed by atoms with Gasteiger partial charge in [-0.2, -0.15) is 0 Å². The second-order valence-corrected chi connectivity index (χ2v) is 5.31. The van der Waals surface area contributed by atoms with Gasteiger partial charge in [-0.15, -0.1) is 13.2 Å². The van der Waals surface area contributed by atoms with Gasteiger partial charge in [-0.05, 0) is 50.3 Å². The smallest absolute Gasteiger partial charge is 0.406 e. The van der Waals surface area contributed by atoms with Crippen molar-refractivity contribution in [1.82, 2.24) is 9.80 Å². The van der Waals surface area contributed by atoms with E-state index >= 15 is 0 Å². The quantitative estimate of drug-likeness (QED) is 0.787. The molecule has 1 amide bonds. The van der Waals surface area contributed by atoms with E-state index < -0.39 is 6.36 Å². The third kappa shape index (κ3) is 6.61.